The van der Waals surface area contributed by atoms with Crippen LogP contribution < -0.4 is 5.73 Å². The smallest absolute Gasteiger partial charge is 0.135 e. The van der Waals surface area contributed by atoms with E-state index >= 15 is 0 Å². The van der Waals surface area contributed by atoms with Crippen molar-refractivity contribution in [1.82, 2.24) is 9.97 Å². The predicted molar refractivity (Wildman–Crippen MR) is 80.6 cm³/mol. The Labute approximate surface area is 122 Å². The lowest BCUT2D eigenvalue weighted by molar-refractivity contribution is 0.610. The fourth-order valence-corrected chi connectivity index (χ4v) is 2.46. The molecule has 1 aromatic heterocycles. The van der Waals surface area contributed by atoms with Crippen LogP contribution in [0.25, 0.3) is 0 Å². The molecule has 0 aliphatic carbocycles. The molecule has 0 radical (unpaired) electrons. The molecule has 0 amide bonds. The summed E-state index contributed by atoms with van der Waals surface area (Å²) in [7, 11) is 0. The van der Waals surface area contributed by atoms with Crippen LogP contribution >= 0.6 is 11.6 Å². The zero-order chi connectivity index (χ0) is 14.0. The third-order valence-corrected chi connectivity index (χ3v) is 3.65. The number of imidazole rings is 1. The second-order valence-corrected chi connectivity index (χ2v) is 5.06. The minimum absolute atomic E-state index is 0.684. The predicted octanol–water partition coefficient (Wildman–Crippen LogP) is 3.31. The standard InChI is InChI=1S/C16H14ClN3/c17-14-8-6-13(7-9-14)16(18,15-19-10-11-20-15)12-4-2-1-3-5-12/h1-11H,18H2,(H,19,20)/t16-/m1/s1. The summed E-state index contributed by atoms with van der Waals surface area (Å²) in [6.07, 6.45) is 3.48. The number of aromatic amines is 1. The Kier molecular flexibility index (Phi) is 3.30. The van der Waals surface area contributed by atoms with Crippen LogP contribution in [0.2, 0.25) is 5.02 Å². The second-order valence-electron chi connectivity index (χ2n) is 4.62. The summed E-state index contributed by atoms with van der Waals surface area (Å²) in [5.41, 5.74) is 7.80. The highest BCUT2D eigenvalue weighted by molar-refractivity contribution is 6.30. The average Bonchev–Trinajstić information content (AvgIpc) is 3.03. The van der Waals surface area contributed by atoms with E-state index in [1.165, 1.54) is 0 Å². The van der Waals surface area contributed by atoms with E-state index in [-0.39, 0.29) is 0 Å². The highest BCUT2D eigenvalue weighted by atomic mass is 35.5. The molecule has 3 rings (SSSR count). The van der Waals surface area contributed by atoms with Gasteiger partial charge in [0, 0.05) is 17.4 Å². The molecule has 20 heavy (non-hydrogen) atoms. The van der Waals surface area contributed by atoms with Crippen LogP contribution in [0.15, 0.2) is 67.0 Å². The summed E-state index contributed by atoms with van der Waals surface area (Å²) >= 11 is 5.97. The Morgan fingerprint density at radius 3 is 2.20 bits per heavy atom. The van der Waals surface area contributed by atoms with Gasteiger partial charge in [-0.1, -0.05) is 54.1 Å². The van der Waals surface area contributed by atoms with E-state index in [1.807, 2.05) is 54.6 Å². The summed E-state index contributed by atoms with van der Waals surface area (Å²) in [5.74, 6) is 0.700. The molecule has 0 spiro atoms. The number of H-pyrrole nitrogens is 1. The summed E-state index contributed by atoms with van der Waals surface area (Å²) in [5, 5.41) is 0.684. The Bertz CT molecular complexity index is 678. The zero-order valence-corrected chi connectivity index (χ0v) is 11.5. The molecule has 100 valence electrons. The van der Waals surface area contributed by atoms with Gasteiger partial charge in [-0.3, -0.25) is 0 Å². The lowest BCUT2D eigenvalue weighted by atomic mass is 9.83. The molecular formula is C16H14ClN3. The van der Waals surface area contributed by atoms with Crippen molar-refractivity contribution in [3.8, 4) is 0 Å². The van der Waals surface area contributed by atoms with Gasteiger partial charge in [-0.05, 0) is 23.3 Å². The van der Waals surface area contributed by atoms with Crippen LogP contribution in [0.4, 0.5) is 0 Å². The molecule has 3 nitrogen and oxygen atoms in total. The van der Waals surface area contributed by atoms with Gasteiger partial charge in [0.25, 0.3) is 0 Å². The van der Waals surface area contributed by atoms with Crippen LogP contribution in [0, 0.1) is 0 Å². The average molecular weight is 284 g/mol. The molecule has 1 heterocycles. The van der Waals surface area contributed by atoms with Crippen molar-refractivity contribution < 1.29 is 0 Å². The molecule has 0 fully saturated rings. The molecular weight excluding hydrogens is 270 g/mol. The number of nitrogens with two attached hydrogens (primary N) is 1. The summed E-state index contributed by atoms with van der Waals surface area (Å²) < 4.78 is 0. The van der Waals surface area contributed by atoms with Gasteiger partial charge in [0.15, 0.2) is 0 Å². The number of benzene rings is 2. The molecule has 0 unspecified atom stereocenters. The number of hydrogen-bond donors (Lipinski definition) is 2. The van der Waals surface area contributed by atoms with Crippen molar-refractivity contribution >= 4 is 11.6 Å². The van der Waals surface area contributed by atoms with Crippen molar-refractivity contribution in [2.24, 2.45) is 5.73 Å². The van der Waals surface area contributed by atoms with E-state index < -0.39 is 5.54 Å². The molecule has 3 aromatic rings. The largest absolute Gasteiger partial charge is 0.346 e. The quantitative estimate of drug-likeness (QED) is 0.775. The lowest BCUT2D eigenvalue weighted by Crippen LogP contribution is -2.40. The minimum Gasteiger partial charge on any atom is -0.346 e. The van der Waals surface area contributed by atoms with Crippen molar-refractivity contribution in [2.75, 3.05) is 0 Å². The fraction of sp³-hybridized carbons (Fsp3) is 0.0625. The van der Waals surface area contributed by atoms with E-state index in [4.69, 9.17) is 17.3 Å². The van der Waals surface area contributed by atoms with E-state index in [2.05, 4.69) is 9.97 Å². The maximum atomic E-state index is 6.72. The van der Waals surface area contributed by atoms with Gasteiger partial charge in [0.05, 0.1) is 0 Å². The van der Waals surface area contributed by atoms with Crippen LogP contribution in [-0.2, 0) is 5.54 Å². The van der Waals surface area contributed by atoms with Crippen LogP contribution in [-0.4, -0.2) is 9.97 Å². The highest BCUT2D eigenvalue weighted by Gasteiger charge is 2.34. The van der Waals surface area contributed by atoms with Gasteiger partial charge >= 0.3 is 0 Å². The summed E-state index contributed by atoms with van der Waals surface area (Å²) in [6.45, 7) is 0. The van der Waals surface area contributed by atoms with E-state index in [9.17, 15) is 0 Å². The van der Waals surface area contributed by atoms with Crippen molar-refractivity contribution in [3.05, 3.63) is 89.0 Å². The Morgan fingerprint density at radius 2 is 1.60 bits per heavy atom. The molecule has 0 saturated heterocycles. The van der Waals surface area contributed by atoms with Gasteiger partial charge in [0.1, 0.15) is 11.4 Å². The maximum absolute atomic E-state index is 6.72. The molecule has 0 bridgehead atoms. The lowest BCUT2D eigenvalue weighted by Gasteiger charge is -2.28. The van der Waals surface area contributed by atoms with Crippen molar-refractivity contribution in [1.29, 1.82) is 0 Å². The van der Waals surface area contributed by atoms with Gasteiger partial charge in [-0.2, -0.15) is 0 Å². The van der Waals surface area contributed by atoms with Gasteiger partial charge in [0.2, 0.25) is 0 Å². The number of halogens is 1. The number of hydrogen-bond acceptors (Lipinski definition) is 2. The van der Waals surface area contributed by atoms with Gasteiger partial charge in [-0.15, -0.1) is 0 Å². The van der Waals surface area contributed by atoms with Crippen molar-refractivity contribution in [3.63, 3.8) is 0 Å². The first-order chi connectivity index (χ1) is 9.71. The fourth-order valence-electron chi connectivity index (χ4n) is 2.33. The van der Waals surface area contributed by atoms with E-state index in [0.717, 1.165) is 11.1 Å². The first-order valence-electron chi connectivity index (χ1n) is 6.31. The molecule has 1 atom stereocenters. The Hall–Kier alpha value is -2.10. The second kappa shape index (κ2) is 5.12. The number of aromatic nitrogens is 2. The molecule has 4 heteroatoms. The Morgan fingerprint density at radius 1 is 0.950 bits per heavy atom. The van der Waals surface area contributed by atoms with E-state index in [0.29, 0.717) is 10.8 Å². The third kappa shape index (κ3) is 2.11. The topological polar surface area (TPSA) is 54.7 Å². The Balaban J connectivity index is 2.21. The number of nitrogens with one attached hydrogen (secondary N) is 1. The van der Waals surface area contributed by atoms with Crippen molar-refractivity contribution in [2.45, 2.75) is 5.54 Å². The van der Waals surface area contributed by atoms with E-state index in [1.54, 1.807) is 12.4 Å². The first kappa shape index (κ1) is 12.9. The number of rotatable bonds is 3. The van der Waals surface area contributed by atoms with Crippen LogP contribution in [0.3, 0.4) is 0 Å². The van der Waals surface area contributed by atoms with Gasteiger partial charge < -0.3 is 10.7 Å². The first-order valence-corrected chi connectivity index (χ1v) is 6.69. The molecule has 2 aromatic carbocycles. The monoisotopic (exact) mass is 283 g/mol. The molecule has 0 aliphatic rings. The van der Waals surface area contributed by atoms with Crippen LogP contribution in [0.1, 0.15) is 17.0 Å². The SMILES string of the molecule is N[C@](c1ccccc1)(c1ccc(Cl)cc1)c1ncc[nH]1. The van der Waals surface area contributed by atoms with Crippen LogP contribution in [0.5, 0.6) is 0 Å². The maximum Gasteiger partial charge on any atom is 0.135 e. The minimum atomic E-state index is -0.824. The highest BCUT2D eigenvalue weighted by Crippen LogP contribution is 2.32. The third-order valence-electron chi connectivity index (χ3n) is 3.40. The normalized spacial score (nSPS) is 13.9. The summed E-state index contributed by atoms with van der Waals surface area (Å²) in [6, 6.07) is 17.4. The molecule has 3 N–H and O–H groups in total. The zero-order valence-electron chi connectivity index (χ0n) is 10.8. The molecule has 0 aliphatic heterocycles. The summed E-state index contributed by atoms with van der Waals surface area (Å²) in [4.78, 5) is 7.47. The van der Waals surface area contributed by atoms with Gasteiger partial charge in [-0.25, -0.2) is 4.98 Å². The molecule has 0 saturated carbocycles. The number of nitrogens with zero attached hydrogens (tertiary/aromatic N) is 1.